The minimum atomic E-state index is -0.331. The molecular formula is C20H34N4O2. The number of carbonyl (C=O) groups excluding carboxylic acids is 1. The van der Waals surface area contributed by atoms with E-state index in [1.165, 1.54) is 5.69 Å². The predicted octanol–water partition coefficient (Wildman–Crippen LogP) is 2.78. The van der Waals surface area contributed by atoms with Crippen molar-refractivity contribution >= 4 is 11.7 Å². The molecule has 0 aromatic heterocycles. The Kier molecular flexibility index (Phi) is 7.14. The fraction of sp³-hybridized carbons (Fsp3) is 0.650. The second-order valence-electron chi connectivity index (χ2n) is 7.87. The summed E-state index contributed by atoms with van der Waals surface area (Å²) >= 11 is 0. The van der Waals surface area contributed by atoms with Gasteiger partial charge in [0.2, 0.25) is 0 Å². The van der Waals surface area contributed by atoms with E-state index in [1.54, 1.807) is 12.0 Å². The van der Waals surface area contributed by atoms with Gasteiger partial charge >= 0.3 is 6.03 Å². The van der Waals surface area contributed by atoms with E-state index in [1.807, 2.05) is 32.9 Å². The van der Waals surface area contributed by atoms with Gasteiger partial charge in [0.1, 0.15) is 5.75 Å². The molecule has 2 amide bonds. The number of para-hydroxylation sites is 2. The van der Waals surface area contributed by atoms with Crippen molar-refractivity contribution in [1.29, 1.82) is 0 Å². The average Bonchev–Trinajstić information content (AvgIpc) is 2.60. The molecule has 6 heteroatoms. The lowest BCUT2D eigenvalue weighted by Gasteiger charge is -2.37. The van der Waals surface area contributed by atoms with E-state index >= 15 is 0 Å². The number of ether oxygens (including phenoxy) is 1. The van der Waals surface area contributed by atoms with Crippen molar-refractivity contribution in [3.05, 3.63) is 24.3 Å². The Bertz CT molecular complexity index is 577. The molecule has 0 unspecified atom stereocenters. The summed E-state index contributed by atoms with van der Waals surface area (Å²) in [5.41, 5.74) is 6.46. The number of amides is 2. The van der Waals surface area contributed by atoms with Crippen LogP contribution in [-0.2, 0) is 0 Å². The molecule has 1 aliphatic rings. The molecule has 146 valence electrons. The van der Waals surface area contributed by atoms with Crippen LogP contribution in [-0.4, -0.2) is 67.7 Å². The van der Waals surface area contributed by atoms with Crippen molar-refractivity contribution in [3.63, 3.8) is 0 Å². The highest BCUT2D eigenvalue weighted by Crippen LogP contribution is 2.28. The number of piperazine rings is 1. The zero-order chi connectivity index (χ0) is 19.2. The number of nitrogens with two attached hydrogens (primary N) is 1. The average molecular weight is 363 g/mol. The van der Waals surface area contributed by atoms with Gasteiger partial charge in [-0.3, -0.25) is 4.90 Å². The van der Waals surface area contributed by atoms with Crippen LogP contribution < -0.4 is 15.4 Å². The molecule has 0 bridgehead atoms. The summed E-state index contributed by atoms with van der Waals surface area (Å²) < 4.78 is 5.48. The highest BCUT2D eigenvalue weighted by Gasteiger charge is 2.24. The number of hydrogen-bond donors (Lipinski definition) is 1. The van der Waals surface area contributed by atoms with Gasteiger partial charge in [-0.25, -0.2) is 4.79 Å². The predicted molar refractivity (Wildman–Crippen MR) is 107 cm³/mol. The Hall–Kier alpha value is -1.95. The Morgan fingerprint density at radius 2 is 1.81 bits per heavy atom. The van der Waals surface area contributed by atoms with Gasteiger partial charge in [0, 0.05) is 38.3 Å². The summed E-state index contributed by atoms with van der Waals surface area (Å²) in [7, 11) is 1.72. The SMILES string of the molecule is COc1ccccc1N1CCN(CCCCN(C(N)=O)C(C)(C)C)CC1. The number of benzene rings is 1. The summed E-state index contributed by atoms with van der Waals surface area (Å²) in [6.45, 7) is 12.0. The van der Waals surface area contributed by atoms with Crippen molar-refractivity contribution in [1.82, 2.24) is 9.80 Å². The maximum Gasteiger partial charge on any atom is 0.315 e. The number of unbranched alkanes of at least 4 members (excludes halogenated alkanes) is 1. The molecule has 1 aromatic rings. The van der Waals surface area contributed by atoms with Gasteiger partial charge in [-0.05, 0) is 52.3 Å². The first-order valence-corrected chi connectivity index (χ1v) is 9.50. The lowest BCUT2D eigenvalue weighted by atomic mass is 10.1. The lowest BCUT2D eigenvalue weighted by molar-refractivity contribution is 0.149. The Balaban J connectivity index is 1.73. The molecule has 0 aliphatic carbocycles. The highest BCUT2D eigenvalue weighted by molar-refractivity contribution is 5.72. The first-order valence-electron chi connectivity index (χ1n) is 9.50. The second kappa shape index (κ2) is 9.12. The third-order valence-corrected chi connectivity index (χ3v) is 4.98. The third kappa shape index (κ3) is 5.53. The topological polar surface area (TPSA) is 62.0 Å². The van der Waals surface area contributed by atoms with Crippen molar-refractivity contribution in [2.75, 3.05) is 51.3 Å². The second-order valence-corrected chi connectivity index (χ2v) is 7.87. The summed E-state index contributed by atoms with van der Waals surface area (Å²) in [4.78, 5) is 18.2. The van der Waals surface area contributed by atoms with Gasteiger partial charge in [-0.1, -0.05) is 12.1 Å². The first kappa shape index (κ1) is 20.4. The monoisotopic (exact) mass is 362 g/mol. The molecule has 1 saturated heterocycles. The zero-order valence-electron chi connectivity index (χ0n) is 16.7. The van der Waals surface area contributed by atoms with Crippen LogP contribution >= 0.6 is 0 Å². The number of urea groups is 1. The standard InChI is InChI=1S/C20H34N4O2/c1-20(2,3)24(19(21)25)12-8-7-11-22-13-15-23(16-14-22)17-9-5-6-10-18(17)26-4/h5-6,9-10H,7-8,11-16H2,1-4H3,(H2,21,25). The van der Waals surface area contributed by atoms with Crippen LogP contribution in [0.5, 0.6) is 5.75 Å². The van der Waals surface area contributed by atoms with E-state index < -0.39 is 0 Å². The summed E-state index contributed by atoms with van der Waals surface area (Å²) in [6.07, 6.45) is 2.06. The smallest absolute Gasteiger partial charge is 0.315 e. The van der Waals surface area contributed by atoms with Gasteiger partial charge in [-0.15, -0.1) is 0 Å². The van der Waals surface area contributed by atoms with Gasteiger partial charge in [0.05, 0.1) is 12.8 Å². The molecule has 2 rings (SSSR count). The van der Waals surface area contributed by atoms with E-state index in [2.05, 4.69) is 21.9 Å². The van der Waals surface area contributed by atoms with Crippen LogP contribution in [0.4, 0.5) is 10.5 Å². The molecule has 0 atom stereocenters. The number of carbonyl (C=O) groups is 1. The van der Waals surface area contributed by atoms with Gasteiger partial charge < -0.3 is 20.3 Å². The van der Waals surface area contributed by atoms with Crippen molar-refractivity contribution in [3.8, 4) is 5.75 Å². The summed E-state index contributed by atoms with van der Waals surface area (Å²) in [6, 6.07) is 7.87. The summed E-state index contributed by atoms with van der Waals surface area (Å²) in [5, 5.41) is 0. The Labute approximate surface area is 157 Å². The number of nitrogens with zero attached hydrogens (tertiary/aromatic N) is 3. The molecule has 1 fully saturated rings. The minimum absolute atomic E-state index is 0.216. The lowest BCUT2D eigenvalue weighted by Crippen LogP contribution is -2.49. The minimum Gasteiger partial charge on any atom is -0.495 e. The number of anilines is 1. The van der Waals surface area contributed by atoms with E-state index in [0.29, 0.717) is 0 Å². The Morgan fingerprint density at radius 3 is 2.38 bits per heavy atom. The molecule has 0 spiro atoms. The van der Waals surface area contributed by atoms with E-state index in [-0.39, 0.29) is 11.6 Å². The highest BCUT2D eigenvalue weighted by atomic mass is 16.5. The van der Waals surface area contributed by atoms with Crippen LogP contribution in [0.3, 0.4) is 0 Å². The van der Waals surface area contributed by atoms with Gasteiger partial charge in [0.25, 0.3) is 0 Å². The number of primary amides is 1. The van der Waals surface area contributed by atoms with Crippen LogP contribution in [0.2, 0.25) is 0 Å². The maximum atomic E-state index is 11.6. The molecule has 1 heterocycles. The Morgan fingerprint density at radius 1 is 1.15 bits per heavy atom. The number of methoxy groups -OCH3 is 1. The van der Waals surface area contributed by atoms with Crippen LogP contribution in [0.25, 0.3) is 0 Å². The van der Waals surface area contributed by atoms with Crippen molar-refractivity contribution in [2.24, 2.45) is 5.73 Å². The molecule has 0 saturated carbocycles. The van der Waals surface area contributed by atoms with Crippen LogP contribution in [0.15, 0.2) is 24.3 Å². The third-order valence-electron chi connectivity index (χ3n) is 4.98. The number of rotatable bonds is 7. The normalized spacial score (nSPS) is 15.8. The molecule has 26 heavy (non-hydrogen) atoms. The first-order chi connectivity index (χ1) is 12.3. The molecular weight excluding hydrogens is 328 g/mol. The van der Waals surface area contributed by atoms with Crippen molar-refractivity contribution in [2.45, 2.75) is 39.2 Å². The largest absolute Gasteiger partial charge is 0.495 e. The quantitative estimate of drug-likeness (QED) is 0.758. The molecule has 2 N–H and O–H groups in total. The zero-order valence-corrected chi connectivity index (χ0v) is 16.7. The van der Waals surface area contributed by atoms with Crippen LogP contribution in [0, 0.1) is 0 Å². The van der Waals surface area contributed by atoms with E-state index in [0.717, 1.165) is 57.9 Å². The summed E-state index contributed by atoms with van der Waals surface area (Å²) in [5.74, 6) is 0.940. The van der Waals surface area contributed by atoms with E-state index in [4.69, 9.17) is 10.5 Å². The molecule has 0 radical (unpaired) electrons. The van der Waals surface area contributed by atoms with Gasteiger partial charge in [0.15, 0.2) is 0 Å². The number of hydrogen-bond acceptors (Lipinski definition) is 4. The molecule has 6 nitrogen and oxygen atoms in total. The fourth-order valence-corrected chi connectivity index (χ4v) is 3.48. The maximum absolute atomic E-state index is 11.6. The van der Waals surface area contributed by atoms with Crippen molar-refractivity contribution < 1.29 is 9.53 Å². The van der Waals surface area contributed by atoms with E-state index in [9.17, 15) is 4.79 Å². The molecule has 1 aromatic carbocycles. The van der Waals surface area contributed by atoms with Gasteiger partial charge in [-0.2, -0.15) is 0 Å². The molecule has 1 aliphatic heterocycles. The van der Waals surface area contributed by atoms with Crippen LogP contribution in [0.1, 0.15) is 33.6 Å². The fourth-order valence-electron chi connectivity index (χ4n) is 3.48.